The van der Waals surface area contributed by atoms with Crippen molar-refractivity contribution in [2.45, 2.75) is 45.8 Å². The maximum atomic E-state index is 10.3. The first kappa shape index (κ1) is 13.6. The molecule has 1 fully saturated rings. The molecule has 0 bridgehead atoms. The Morgan fingerprint density at radius 3 is 2.67 bits per heavy atom. The molecule has 2 heteroatoms. The Morgan fingerprint density at radius 1 is 1.33 bits per heavy atom. The molecule has 1 saturated heterocycles. The lowest BCUT2D eigenvalue weighted by Crippen LogP contribution is -2.29. The number of hydrogen-bond acceptors (Lipinski definition) is 2. The molecular formula is C16H25NO. The van der Waals surface area contributed by atoms with Crippen molar-refractivity contribution in [3.8, 4) is 0 Å². The van der Waals surface area contributed by atoms with Gasteiger partial charge in [-0.1, -0.05) is 31.2 Å². The van der Waals surface area contributed by atoms with Gasteiger partial charge in [-0.3, -0.25) is 0 Å². The lowest BCUT2D eigenvalue weighted by Gasteiger charge is -2.23. The standard InChI is InChI=1S/C16H25NO/c1-12-10-14(3)17(11-12)9-8-16(18)15-7-5-4-6-13(15)2/h4-7,12,14,16,18H,8-11H2,1-3H3. The number of rotatable bonds is 4. The number of nitrogens with zero attached hydrogens (tertiary/aromatic N) is 1. The van der Waals surface area contributed by atoms with Gasteiger partial charge in [-0.25, -0.2) is 0 Å². The monoisotopic (exact) mass is 247 g/mol. The van der Waals surface area contributed by atoms with Crippen molar-refractivity contribution >= 4 is 0 Å². The summed E-state index contributed by atoms with van der Waals surface area (Å²) in [5.74, 6) is 0.801. The predicted molar refractivity (Wildman–Crippen MR) is 75.6 cm³/mol. The van der Waals surface area contributed by atoms with Gasteiger partial charge in [-0.2, -0.15) is 0 Å². The molecule has 3 unspecified atom stereocenters. The molecule has 0 spiro atoms. The van der Waals surface area contributed by atoms with Crippen molar-refractivity contribution in [3.05, 3.63) is 35.4 Å². The van der Waals surface area contributed by atoms with Gasteiger partial charge in [0.2, 0.25) is 0 Å². The molecule has 2 rings (SSSR count). The number of aliphatic hydroxyl groups excluding tert-OH is 1. The van der Waals surface area contributed by atoms with E-state index in [2.05, 4.69) is 31.7 Å². The summed E-state index contributed by atoms with van der Waals surface area (Å²) in [5.41, 5.74) is 2.27. The van der Waals surface area contributed by atoms with Gasteiger partial charge in [0, 0.05) is 19.1 Å². The second kappa shape index (κ2) is 5.85. The van der Waals surface area contributed by atoms with Gasteiger partial charge in [0.15, 0.2) is 0 Å². The van der Waals surface area contributed by atoms with Crippen LogP contribution in [0, 0.1) is 12.8 Å². The third-order valence-electron chi connectivity index (χ3n) is 4.15. The fourth-order valence-electron chi connectivity index (χ4n) is 3.10. The van der Waals surface area contributed by atoms with Crippen LogP contribution < -0.4 is 0 Å². The third-order valence-corrected chi connectivity index (χ3v) is 4.15. The molecule has 18 heavy (non-hydrogen) atoms. The van der Waals surface area contributed by atoms with Crippen LogP contribution in [0.2, 0.25) is 0 Å². The van der Waals surface area contributed by atoms with Crippen LogP contribution in [0.5, 0.6) is 0 Å². The normalized spacial score (nSPS) is 26.4. The maximum absolute atomic E-state index is 10.3. The van der Waals surface area contributed by atoms with Crippen LogP contribution in [-0.2, 0) is 0 Å². The second-order valence-corrected chi connectivity index (χ2v) is 5.85. The number of hydrogen-bond donors (Lipinski definition) is 1. The van der Waals surface area contributed by atoms with E-state index >= 15 is 0 Å². The highest BCUT2D eigenvalue weighted by Crippen LogP contribution is 2.25. The summed E-state index contributed by atoms with van der Waals surface area (Å²) in [7, 11) is 0. The minimum atomic E-state index is -0.325. The zero-order valence-corrected chi connectivity index (χ0v) is 11.8. The van der Waals surface area contributed by atoms with Crippen LogP contribution in [0.3, 0.4) is 0 Å². The average molecular weight is 247 g/mol. The van der Waals surface area contributed by atoms with E-state index in [1.165, 1.54) is 18.5 Å². The molecule has 0 amide bonds. The molecule has 100 valence electrons. The van der Waals surface area contributed by atoms with E-state index in [-0.39, 0.29) is 6.10 Å². The Labute approximate surface area is 111 Å². The van der Waals surface area contributed by atoms with Crippen molar-refractivity contribution in [1.82, 2.24) is 4.90 Å². The van der Waals surface area contributed by atoms with Gasteiger partial charge < -0.3 is 10.0 Å². The lowest BCUT2D eigenvalue weighted by molar-refractivity contribution is 0.139. The average Bonchev–Trinajstić information content (AvgIpc) is 2.65. The quantitative estimate of drug-likeness (QED) is 0.883. The van der Waals surface area contributed by atoms with E-state index in [9.17, 15) is 5.11 Å². The Balaban J connectivity index is 1.89. The molecule has 1 N–H and O–H groups in total. The maximum Gasteiger partial charge on any atom is 0.0804 e. The molecule has 1 aromatic rings. The highest BCUT2D eigenvalue weighted by atomic mass is 16.3. The zero-order chi connectivity index (χ0) is 13.1. The highest BCUT2D eigenvalue weighted by Gasteiger charge is 2.26. The lowest BCUT2D eigenvalue weighted by atomic mass is 10.0. The first-order valence-corrected chi connectivity index (χ1v) is 7.05. The topological polar surface area (TPSA) is 23.5 Å². The largest absolute Gasteiger partial charge is 0.388 e. The highest BCUT2D eigenvalue weighted by molar-refractivity contribution is 5.27. The summed E-state index contributed by atoms with van der Waals surface area (Å²) < 4.78 is 0. The first-order valence-electron chi connectivity index (χ1n) is 7.05. The SMILES string of the molecule is Cc1ccccc1C(O)CCN1CC(C)CC1C. The van der Waals surface area contributed by atoms with Gasteiger partial charge in [-0.15, -0.1) is 0 Å². The van der Waals surface area contributed by atoms with Gasteiger partial charge in [0.1, 0.15) is 0 Å². The zero-order valence-electron chi connectivity index (χ0n) is 11.8. The summed E-state index contributed by atoms with van der Waals surface area (Å²) >= 11 is 0. The number of benzene rings is 1. The molecule has 1 aromatic carbocycles. The van der Waals surface area contributed by atoms with Gasteiger partial charge in [0.05, 0.1) is 6.10 Å². The van der Waals surface area contributed by atoms with Crippen LogP contribution in [0.1, 0.15) is 43.9 Å². The summed E-state index contributed by atoms with van der Waals surface area (Å²) in [4.78, 5) is 2.51. The van der Waals surface area contributed by atoms with E-state index in [1.807, 2.05) is 18.2 Å². The number of aryl methyl sites for hydroxylation is 1. The molecule has 1 aliphatic rings. The van der Waals surface area contributed by atoms with E-state index in [1.54, 1.807) is 0 Å². The van der Waals surface area contributed by atoms with Crippen molar-refractivity contribution in [3.63, 3.8) is 0 Å². The van der Waals surface area contributed by atoms with Crippen molar-refractivity contribution < 1.29 is 5.11 Å². The molecule has 2 nitrogen and oxygen atoms in total. The minimum absolute atomic E-state index is 0.325. The van der Waals surface area contributed by atoms with Gasteiger partial charge in [0.25, 0.3) is 0 Å². The molecule has 0 radical (unpaired) electrons. The Bertz CT molecular complexity index is 390. The number of aliphatic hydroxyl groups is 1. The van der Waals surface area contributed by atoms with Gasteiger partial charge in [-0.05, 0) is 43.7 Å². The fraction of sp³-hybridized carbons (Fsp3) is 0.625. The van der Waals surface area contributed by atoms with Crippen LogP contribution in [0.25, 0.3) is 0 Å². The van der Waals surface area contributed by atoms with Crippen LogP contribution in [0.4, 0.5) is 0 Å². The first-order chi connectivity index (χ1) is 8.58. The Morgan fingerprint density at radius 2 is 2.06 bits per heavy atom. The van der Waals surface area contributed by atoms with Crippen molar-refractivity contribution in [2.75, 3.05) is 13.1 Å². The van der Waals surface area contributed by atoms with Crippen LogP contribution in [0.15, 0.2) is 24.3 Å². The molecule has 1 heterocycles. The minimum Gasteiger partial charge on any atom is -0.388 e. The van der Waals surface area contributed by atoms with Crippen molar-refractivity contribution in [1.29, 1.82) is 0 Å². The van der Waals surface area contributed by atoms with Crippen molar-refractivity contribution in [2.24, 2.45) is 5.92 Å². The summed E-state index contributed by atoms with van der Waals surface area (Å²) in [5, 5.41) is 10.3. The van der Waals surface area contributed by atoms with Gasteiger partial charge >= 0.3 is 0 Å². The van der Waals surface area contributed by atoms with E-state index < -0.39 is 0 Å². The molecule has 0 aliphatic carbocycles. The number of likely N-dealkylation sites (tertiary alicyclic amines) is 1. The Hall–Kier alpha value is -0.860. The molecule has 0 saturated carbocycles. The fourth-order valence-corrected chi connectivity index (χ4v) is 3.10. The van der Waals surface area contributed by atoms with Crippen LogP contribution >= 0.6 is 0 Å². The van der Waals surface area contributed by atoms with E-state index in [0.29, 0.717) is 6.04 Å². The molecule has 3 atom stereocenters. The smallest absolute Gasteiger partial charge is 0.0804 e. The Kier molecular flexibility index (Phi) is 4.41. The summed E-state index contributed by atoms with van der Waals surface area (Å²) in [6, 6.07) is 8.81. The van der Waals surface area contributed by atoms with Crippen LogP contribution in [-0.4, -0.2) is 29.1 Å². The third kappa shape index (κ3) is 3.12. The molecular weight excluding hydrogens is 222 g/mol. The summed E-state index contributed by atoms with van der Waals surface area (Å²) in [6.45, 7) is 8.86. The summed E-state index contributed by atoms with van der Waals surface area (Å²) in [6.07, 6.45) is 1.80. The van der Waals surface area contributed by atoms with E-state index in [4.69, 9.17) is 0 Å². The molecule has 0 aromatic heterocycles. The predicted octanol–water partition coefficient (Wildman–Crippen LogP) is 3.15. The molecule has 1 aliphatic heterocycles. The second-order valence-electron chi connectivity index (χ2n) is 5.85. The van der Waals surface area contributed by atoms with E-state index in [0.717, 1.165) is 24.4 Å².